The fourth-order valence-corrected chi connectivity index (χ4v) is 3.43. The Kier molecular flexibility index (Phi) is 3.69. The Morgan fingerprint density at radius 3 is 2.32 bits per heavy atom. The van der Waals surface area contributed by atoms with Gasteiger partial charge in [-0.3, -0.25) is 0 Å². The van der Waals surface area contributed by atoms with Crippen LogP contribution in [0.15, 0.2) is 6.07 Å². The predicted octanol–water partition coefficient (Wildman–Crippen LogP) is 2.16. The molecule has 2 fully saturated rings. The Balaban J connectivity index is 1.63. The van der Waals surface area contributed by atoms with Crippen LogP contribution in [0.4, 0.5) is 5.82 Å². The van der Waals surface area contributed by atoms with Gasteiger partial charge in [-0.05, 0) is 52.6 Å². The third-order valence-corrected chi connectivity index (χ3v) is 4.40. The topological polar surface area (TPSA) is 32.3 Å². The van der Waals surface area contributed by atoms with Gasteiger partial charge in [0.15, 0.2) is 0 Å². The molecule has 1 aromatic rings. The molecular weight excluding hydrogens is 236 g/mol. The van der Waals surface area contributed by atoms with Gasteiger partial charge in [-0.15, -0.1) is 0 Å². The Hall–Kier alpha value is -1.16. The summed E-state index contributed by atoms with van der Waals surface area (Å²) in [5, 5.41) is 0. The summed E-state index contributed by atoms with van der Waals surface area (Å²) in [6, 6.07) is 2.92. The average Bonchev–Trinajstić information content (AvgIpc) is 2.91. The van der Waals surface area contributed by atoms with Crippen LogP contribution in [0.5, 0.6) is 0 Å². The van der Waals surface area contributed by atoms with E-state index in [1.54, 1.807) is 0 Å². The lowest BCUT2D eigenvalue weighted by Crippen LogP contribution is -2.44. The van der Waals surface area contributed by atoms with Gasteiger partial charge in [0, 0.05) is 30.9 Å². The molecule has 0 bridgehead atoms. The van der Waals surface area contributed by atoms with Crippen LogP contribution < -0.4 is 4.90 Å². The SMILES string of the molecule is Cc1cc(N2CCC(N3CCCC3)CC2)nc(C)n1. The zero-order valence-corrected chi connectivity index (χ0v) is 12.1. The molecule has 2 saturated heterocycles. The smallest absolute Gasteiger partial charge is 0.132 e. The lowest BCUT2D eigenvalue weighted by molar-refractivity contribution is 0.207. The van der Waals surface area contributed by atoms with Crippen LogP contribution in [0.25, 0.3) is 0 Å². The van der Waals surface area contributed by atoms with Crippen molar-refractivity contribution < 1.29 is 0 Å². The summed E-state index contributed by atoms with van der Waals surface area (Å²) in [6.45, 7) is 8.93. The van der Waals surface area contributed by atoms with Crippen molar-refractivity contribution in [3.05, 3.63) is 17.6 Å². The Morgan fingerprint density at radius 2 is 1.68 bits per heavy atom. The molecule has 1 aromatic heterocycles. The number of piperidine rings is 1. The second-order valence-electron chi connectivity index (χ2n) is 5.88. The van der Waals surface area contributed by atoms with Crippen molar-refractivity contribution >= 4 is 5.82 Å². The highest BCUT2D eigenvalue weighted by Gasteiger charge is 2.26. The molecule has 0 spiro atoms. The first-order chi connectivity index (χ1) is 9.22. The second-order valence-corrected chi connectivity index (χ2v) is 5.88. The second kappa shape index (κ2) is 5.45. The van der Waals surface area contributed by atoms with Crippen LogP contribution in [0.2, 0.25) is 0 Å². The number of rotatable bonds is 2. The molecule has 2 aliphatic heterocycles. The van der Waals surface area contributed by atoms with E-state index in [1.165, 1.54) is 38.8 Å². The van der Waals surface area contributed by atoms with Crippen LogP contribution in [-0.4, -0.2) is 47.1 Å². The molecule has 0 saturated carbocycles. The van der Waals surface area contributed by atoms with Crippen LogP contribution in [-0.2, 0) is 0 Å². The van der Waals surface area contributed by atoms with Gasteiger partial charge in [0.05, 0.1) is 0 Å². The van der Waals surface area contributed by atoms with E-state index in [2.05, 4.69) is 32.8 Å². The molecule has 4 heteroatoms. The van der Waals surface area contributed by atoms with E-state index in [9.17, 15) is 0 Å². The van der Waals surface area contributed by atoms with Crippen molar-refractivity contribution in [1.82, 2.24) is 14.9 Å². The first-order valence-electron chi connectivity index (χ1n) is 7.53. The van der Waals surface area contributed by atoms with Gasteiger partial charge in [0.2, 0.25) is 0 Å². The standard InChI is InChI=1S/C15H24N4/c1-12-11-15(17-13(2)16-12)19-9-5-14(6-10-19)18-7-3-4-8-18/h11,14H,3-10H2,1-2H3. The van der Waals surface area contributed by atoms with Crippen LogP contribution >= 0.6 is 0 Å². The number of hydrogen-bond acceptors (Lipinski definition) is 4. The van der Waals surface area contributed by atoms with E-state index >= 15 is 0 Å². The van der Waals surface area contributed by atoms with Gasteiger partial charge >= 0.3 is 0 Å². The summed E-state index contributed by atoms with van der Waals surface area (Å²) in [7, 11) is 0. The summed E-state index contributed by atoms with van der Waals surface area (Å²) in [6.07, 6.45) is 5.35. The van der Waals surface area contributed by atoms with Gasteiger partial charge in [0.25, 0.3) is 0 Å². The molecule has 0 atom stereocenters. The van der Waals surface area contributed by atoms with Crippen LogP contribution in [0, 0.1) is 13.8 Å². The fourth-order valence-electron chi connectivity index (χ4n) is 3.43. The first-order valence-corrected chi connectivity index (χ1v) is 7.53. The van der Waals surface area contributed by atoms with E-state index in [0.29, 0.717) is 0 Å². The third kappa shape index (κ3) is 2.89. The van der Waals surface area contributed by atoms with Crippen molar-refractivity contribution in [3.8, 4) is 0 Å². The number of aromatic nitrogens is 2. The van der Waals surface area contributed by atoms with E-state index in [-0.39, 0.29) is 0 Å². The van der Waals surface area contributed by atoms with Gasteiger partial charge in [0.1, 0.15) is 11.6 Å². The largest absolute Gasteiger partial charge is 0.356 e. The molecule has 3 heterocycles. The van der Waals surface area contributed by atoms with Gasteiger partial charge in [-0.25, -0.2) is 9.97 Å². The average molecular weight is 260 g/mol. The Bertz CT molecular complexity index is 412. The highest BCUT2D eigenvalue weighted by Crippen LogP contribution is 2.24. The third-order valence-electron chi connectivity index (χ3n) is 4.40. The summed E-state index contributed by atoms with van der Waals surface area (Å²) >= 11 is 0. The van der Waals surface area contributed by atoms with Crippen molar-refractivity contribution in [3.63, 3.8) is 0 Å². The van der Waals surface area contributed by atoms with E-state index in [4.69, 9.17) is 0 Å². The highest BCUT2D eigenvalue weighted by molar-refractivity contribution is 5.40. The molecule has 0 N–H and O–H groups in total. The van der Waals surface area contributed by atoms with Crippen molar-refractivity contribution in [2.45, 2.75) is 45.6 Å². The minimum Gasteiger partial charge on any atom is -0.356 e. The quantitative estimate of drug-likeness (QED) is 0.815. The van der Waals surface area contributed by atoms with E-state index in [0.717, 1.165) is 36.5 Å². The van der Waals surface area contributed by atoms with Crippen LogP contribution in [0.3, 0.4) is 0 Å². The molecule has 0 radical (unpaired) electrons. The molecule has 3 rings (SSSR count). The van der Waals surface area contributed by atoms with Crippen molar-refractivity contribution in [2.24, 2.45) is 0 Å². The maximum Gasteiger partial charge on any atom is 0.132 e. The summed E-state index contributed by atoms with van der Waals surface area (Å²) in [5.74, 6) is 2.00. The number of likely N-dealkylation sites (tertiary alicyclic amines) is 1. The maximum atomic E-state index is 4.58. The fraction of sp³-hybridized carbons (Fsp3) is 0.733. The highest BCUT2D eigenvalue weighted by atomic mass is 15.2. The number of nitrogens with zero attached hydrogens (tertiary/aromatic N) is 4. The maximum absolute atomic E-state index is 4.58. The zero-order valence-electron chi connectivity index (χ0n) is 12.1. The van der Waals surface area contributed by atoms with E-state index < -0.39 is 0 Å². The minimum absolute atomic E-state index is 0.808. The molecular formula is C15H24N4. The molecule has 2 aliphatic rings. The van der Waals surface area contributed by atoms with Gasteiger partial charge < -0.3 is 9.80 Å². The Morgan fingerprint density at radius 1 is 1.00 bits per heavy atom. The summed E-state index contributed by atoms with van der Waals surface area (Å²) in [4.78, 5) is 14.1. The minimum atomic E-state index is 0.808. The lowest BCUT2D eigenvalue weighted by Gasteiger charge is -2.37. The van der Waals surface area contributed by atoms with Gasteiger partial charge in [-0.1, -0.05) is 0 Å². The normalized spacial score (nSPS) is 22.1. The summed E-state index contributed by atoms with van der Waals surface area (Å²) in [5.41, 5.74) is 1.07. The number of hydrogen-bond donors (Lipinski definition) is 0. The molecule has 0 unspecified atom stereocenters. The first kappa shape index (κ1) is 12.9. The molecule has 0 aliphatic carbocycles. The number of aryl methyl sites for hydroxylation is 2. The zero-order chi connectivity index (χ0) is 13.2. The van der Waals surface area contributed by atoms with Gasteiger partial charge in [-0.2, -0.15) is 0 Å². The lowest BCUT2D eigenvalue weighted by atomic mass is 10.0. The molecule has 4 nitrogen and oxygen atoms in total. The molecule has 0 amide bonds. The molecule has 0 aromatic carbocycles. The molecule has 104 valence electrons. The molecule has 19 heavy (non-hydrogen) atoms. The van der Waals surface area contributed by atoms with E-state index in [1.807, 2.05) is 6.92 Å². The monoisotopic (exact) mass is 260 g/mol. The van der Waals surface area contributed by atoms with Crippen molar-refractivity contribution in [2.75, 3.05) is 31.1 Å². The van der Waals surface area contributed by atoms with Crippen LogP contribution in [0.1, 0.15) is 37.2 Å². The number of anilines is 1. The van der Waals surface area contributed by atoms with Crippen molar-refractivity contribution in [1.29, 1.82) is 0 Å². The predicted molar refractivity (Wildman–Crippen MR) is 77.5 cm³/mol. The summed E-state index contributed by atoms with van der Waals surface area (Å²) < 4.78 is 0. The Labute approximate surface area is 115 Å².